The van der Waals surface area contributed by atoms with E-state index in [4.69, 9.17) is 18.9 Å². The summed E-state index contributed by atoms with van der Waals surface area (Å²) in [5.41, 5.74) is -1.41. The number of methoxy groups -OCH3 is 2. The van der Waals surface area contributed by atoms with E-state index >= 15 is 0 Å². The number of hydrogen-bond donors (Lipinski definition) is 6. The summed E-state index contributed by atoms with van der Waals surface area (Å²) in [6.07, 6.45) is 0. The summed E-state index contributed by atoms with van der Waals surface area (Å²) in [7, 11) is 2.94. The molecule has 274 valence electrons. The number of aromatic nitrogens is 2. The lowest BCUT2D eigenvalue weighted by Gasteiger charge is -2.23. The summed E-state index contributed by atoms with van der Waals surface area (Å²) in [5.74, 6) is -6.45. The number of ether oxygens (including phenoxy) is 4. The molecule has 2 amide bonds. The third kappa shape index (κ3) is 7.38. The monoisotopic (exact) mass is 734 g/mol. The van der Waals surface area contributed by atoms with Gasteiger partial charge in [0.05, 0.1) is 14.2 Å². The number of aromatic hydroxyl groups is 2. The number of carboxylic acids is 2. The quantitative estimate of drug-likeness (QED) is 0.0930. The minimum Gasteiger partial charge on any atom is -0.505 e. The third-order valence-corrected chi connectivity index (χ3v) is 8.10. The van der Waals surface area contributed by atoms with E-state index in [-0.39, 0.29) is 39.4 Å². The lowest BCUT2D eigenvalue weighted by Crippen LogP contribution is -2.59. The van der Waals surface area contributed by atoms with Crippen molar-refractivity contribution in [3.05, 3.63) is 108 Å². The molecule has 2 heterocycles. The summed E-state index contributed by atoms with van der Waals surface area (Å²) in [6, 6.07) is 20.6. The molecule has 6 aromatic rings. The van der Waals surface area contributed by atoms with E-state index in [1.54, 1.807) is 84.9 Å². The van der Waals surface area contributed by atoms with Gasteiger partial charge in [0.15, 0.2) is 35.0 Å². The molecule has 4 aromatic carbocycles. The van der Waals surface area contributed by atoms with Crippen LogP contribution in [-0.2, 0) is 9.59 Å². The van der Waals surface area contributed by atoms with Crippen molar-refractivity contribution in [2.45, 2.75) is 12.1 Å². The van der Waals surface area contributed by atoms with Gasteiger partial charge in [0.2, 0.25) is 11.8 Å². The molecule has 2 atom stereocenters. The molecule has 2 unspecified atom stereocenters. The standard InChI is InChI=1S/C38H30N4O12/c1-51-19-14-16-20(17-15-19)53-35-25-12-5-3-10-23(25)31(43)29(41-35)33(45)39-27(37(47)48)28(38(49)50)40-34(46)30-32(44)24-11-4-6-13-26(24)36(42-30)54-22-9-7-8-21(18-22)52-2/h3-18,27-28,43-44H,1-2H3,(H,39,45)(H,40,46)(H,47,48)(H,49,50). The molecule has 16 heteroatoms. The van der Waals surface area contributed by atoms with Crippen LogP contribution in [0.5, 0.6) is 46.3 Å². The average molecular weight is 735 g/mol. The second-order valence-corrected chi connectivity index (χ2v) is 11.5. The highest BCUT2D eigenvalue weighted by molar-refractivity contribution is 6.07. The SMILES string of the molecule is COc1ccc(Oc2nc(C(=O)NC(C(=O)O)C(NC(=O)c3nc(Oc4cccc(OC)c4)c4ccccc4c3O)C(=O)O)c(O)c3ccccc23)cc1. The topological polar surface area (TPSA) is 236 Å². The molecule has 2 aromatic heterocycles. The Morgan fingerprint density at radius 2 is 0.944 bits per heavy atom. The Bertz CT molecular complexity index is 2420. The molecular formula is C38H30N4O12. The van der Waals surface area contributed by atoms with Gasteiger partial charge in [0.25, 0.3) is 11.8 Å². The van der Waals surface area contributed by atoms with Crippen molar-refractivity contribution < 1.29 is 58.6 Å². The van der Waals surface area contributed by atoms with Gasteiger partial charge >= 0.3 is 11.9 Å². The highest BCUT2D eigenvalue weighted by atomic mass is 16.5. The van der Waals surface area contributed by atoms with E-state index in [1.807, 2.05) is 10.6 Å². The molecule has 0 saturated carbocycles. The van der Waals surface area contributed by atoms with Gasteiger partial charge in [-0.2, -0.15) is 0 Å². The largest absolute Gasteiger partial charge is 0.505 e. The first-order valence-electron chi connectivity index (χ1n) is 15.9. The van der Waals surface area contributed by atoms with Gasteiger partial charge in [-0.3, -0.25) is 9.59 Å². The van der Waals surface area contributed by atoms with Crippen LogP contribution >= 0.6 is 0 Å². The Kier molecular flexibility index (Phi) is 10.3. The summed E-state index contributed by atoms with van der Waals surface area (Å²) >= 11 is 0. The fourth-order valence-electron chi connectivity index (χ4n) is 5.44. The minimum atomic E-state index is -2.34. The van der Waals surface area contributed by atoms with Gasteiger partial charge in [0.1, 0.15) is 23.0 Å². The number of aliphatic carboxylic acids is 2. The van der Waals surface area contributed by atoms with Crippen LogP contribution in [-0.4, -0.2) is 80.5 Å². The lowest BCUT2D eigenvalue weighted by atomic mass is 10.1. The van der Waals surface area contributed by atoms with Gasteiger partial charge in [-0.1, -0.05) is 42.5 Å². The number of nitrogens with zero attached hydrogens (tertiary/aromatic N) is 2. The maximum absolute atomic E-state index is 13.6. The molecule has 0 radical (unpaired) electrons. The second-order valence-electron chi connectivity index (χ2n) is 11.5. The first-order chi connectivity index (χ1) is 26.0. The first kappa shape index (κ1) is 36.2. The predicted octanol–water partition coefficient (Wildman–Crippen LogP) is 4.86. The van der Waals surface area contributed by atoms with E-state index in [1.165, 1.54) is 26.4 Å². The second kappa shape index (κ2) is 15.3. The zero-order valence-electron chi connectivity index (χ0n) is 28.3. The van der Waals surface area contributed by atoms with Crippen molar-refractivity contribution in [2.75, 3.05) is 14.2 Å². The fraction of sp³-hybridized carbons (Fsp3) is 0.105. The number of carbonyl (C=O) groups excluding carboxylic acids is 2. The van der Waals surface area contributed by atoms with Crippen LogP contribution in [0.25, 0.3) is 21.5 Å². The number of carbonyl (C=O) groups is 4. The van der Waals surface area contributed by atoms with Crippen molar-refractivity contribution in [3.63, 3.8) is 0 Å². The maximum atomic E-state index is 13.6. The molecule has 0 aliphatic carbocycles. The lowest BCUT2D eigenvalue weighted by molar-refractivity contribution is -0.147. The molecule has 0 saturated heterocycles. The molecule has 0 bridgehead atoms. The van der Waals surface area contributed by atoms with Crippen molar-refractivity contribution in [3.8, 4) is 46.3 Å². The highest BCUT2D eigenvalue weighted by Gasteiger charge is 2.38. The van der Waals surface area contributed by atoms with Crippen LogP contribution < -0.4 is 29.6 Å². The summed E-state index contributed by atoms with van der Waals surface area (Å²) in [4.78, 5) is 60.5. The molecule has 54 heavy (non-hydrogen) atoms. The smallest absolute Gasteiger partial charge is 0.329 e. The normalized spacial score (nSPS) is 12.0. The molecule has 0 aliphatic heterocycles. The number of benzene rings is 4. The number of hydrogen-bond acceptors (Lipinski definition) is 12. The zero-order valence-corrected chi connectivity index (χ0v) is 28.3. The average Bonchev–Trinajstić information content (AvgIpc) is 3.18. The number of rotatable bonds is 13. The Morgan fingerprint density at radius 3 is 1.39 bits per heavy atom. The molecule has 6 N–H and O–H groups in total. The highest BCUT2D eigenvalue weighted by Crippen LogP contribution is 2.37. The third-order valence-electron chi connectivity index (χ3n) is 8.10. The Hall–Kier alpha value is -7.62. The number of nitrogens with one attached hydrogen (secondary N) is 2. The summed E-state index contributed by atoms with van der Waals surface area (Å²) < 4.78 is 22.2. The molecule has 0 fully saturated rings. The Morgan fingerprint density at radius 1 is 0.537 bits per heavy atom. The minimum absolute atomic E-state index is 0.107. The van der Waals surface area contributed by atoms with Crippen LogP contribution in [0.1, 0.15) is 21.0 Å². The Labute approximate surface area is 305 Å². The van der Waals surface area contributed by atoms with Gasteiger partial charge in [-0.05, 0) is 48.5 Å². The first-order valence-corrected chi connectivity index (χ1v) is 15.9. The Balaban J connectivity index is 1.31. The predicted molar refractivity (Wildman–Crippen MR) is 191 cm³/mol. The van der Waals surface area contributed by atoms with E-state index in [9.17, 15) is 39.6 Å². The number of carboxylic acid groups (broad SMARTS) is 2. The van der Waals surface area contributed by atoms with Crippen molar-refractivity contribution in [2.24, 2.45) is 0 Å². The van der Waals surface area contributed by atoms with Gasteiger partial charge in [-0.15, -0.1) is 0 Å². The van der Waals surface area contributed by atoms with Crippen LogP contribution in [0.15, 0.2) is 97.1 Å². The molecular weight excluding hydrogens is 704 g/mol. The van der Waals surface area contributed by atoms with Crippen LogP contribution in [0.4, 0.5) is 0 Å². The summed E-state index contributed by atoms with van der Waals surface area (Å²) in [5, 5.41) is 47.2. The number of pyridine rings is 2. The number of amides is 2. The number of fused-ring (bicyclic) bond motifs is 2. The summed E-state index contributed by atoms with van der Waals surface area (Å²) in [6.45, 7) is 0. The van der Waals surface area contributed by atoms with Crippen molar-refractivity contribution in [1.29, 1.82) is 0 Å². The molecule has 0 aliphatic rings. The molecule has 0 spiro atoms. The van der Waals surface area contributed by atoms with E-state index < -0.39 is 58.7 Å². The van der Waals surface area contributed by atoms with Crippen LogP contribution in [0, 0.1) is 0 Å². The van der Waals surface area contributed by atoms with Gasteiger partial charge < -0.3 is 50.0 Å². The maximum Gasteiger partial charge on any atom is 0.329 e. The van der Waals surface area contributed by atoms with Crippen molar-refractivity contribution in [1.82, 2.24) is 20.6 Å². The fourth-order valence-corrected chi connectivity index (χ4v) is 5.44. The van der Waals surface area contributed by atoms with Gasteiger partial charge in [-0.25, -0.2) is 19.6 Å². The van der Waals surface area contributed by atoms with Crippen LogP contribution in [0.2, 0.25) is 0 Å². The molecule has 16 nitrogen and oxygen atoms in total. The van der Waals surface area contributed by atoms with E-state index in [0.29, 0.717) is 16.9 Å². The van der Waals surface area contributed by atoms with Crippen molar-refractivity contribution >= 4 is 45.3 Å². The van der Waals surface area contributed by atoms with Crippen LogP contribution in [0.3, 0.4) is 0 Å². The van der Waals surface area contributed by atoms with E-state index in [0.717, 1.165) is 0 Å². The molecule has 6 rings (SSSR count). The van der Waals surface area contributed by atoms with Gasteiger partial charge in [0, 0.05) is 27.6 Å². The van der Waals surface area contributed by atoms with E-state index in [2.05, 4.69) is 9.97 Å². The zero-order chi connectivity index (χ0) is 38.5.